The Kier molecular flexibility index (Phi) is 4.60. The van der Waals surface area contributed by atoms with E-state index in [0.717, 1.165) is 11.1 Å². The highest BCUT2D eigenvalue weighted by molar-refractivity contribution is 14.1. The van der Waals surface area contributed by atoms with Crippen LogP contribution in [0, 0.1) is 9.39 Å². The van der Waals surface area contributed by atoms with Crippen molar-refractivity contribution in [1.29, 1.82) is 0 Å². The van der Waals surface area contributed by atoms with Crippen molar-refractivity contribution in [2.24, 2.45) is 0 Å². The van der Waals surface area contributed by atoms with Gasteiger partial charge in [0.15, 0.2) is 0 Å². The molecule has 0 amide bonds. The van der Waals surface area contributed by atoms with Gasteiger partial charge in [-0.25, -0.2) is 4.39 Å². The quantitative estimate of drug-likeness (QED) is 0.392. The minimum absolute atomic E-state index is 0.0800. The number of alkyl halides is 1. The Morgan fingerprint density at radius 3 is 2.18 bits per heavy atom. The first-order chi connectivity index (χ1) is 8.08. The fraction of sp³-hybridized carbons (Fsp3) is 0.0769. The van der Waals surface area contributed by atoms with E-state index in [0.29, 0.717) is 4.47 Å². The second-order valence-electron chi connectivity index (χ2n) is 3.59. The fourth-order valence-corrected chi connectivity index (χ4v) is 2.84. The van der Waals surface area contributed by atoms with Crippen LogP contribution in [-0.4, -0.2) is 0 Å². The molecule has 1 atom stereocenters. The van der Waals surface area contributed by atoms with Crippen molar-refractivity contribution >= 4 is 54.5 Å². The number of hydrogen-bond donors (Lipinski definition) is 0. The Hall–Kier alpha value is 0.0600. The summed E-state index contributed by atoms with van der Waals surface area (Å²) in [6, 6.07) is 13.3. The summed E-state index contributed by atoms with van der Waals surface area (Å²) >= 11 is 9.10. The SMILES string of the molecule is Fc1ccc(C(Br)c2ccc(I)cc2)cc1Br. The Morgan fingerprint density at radius 1 is 1.00 bits per heavy atom. The normalized spacial score (nSPS) is 12.5. The van der Waals surface area contributed by atoms with Gasteiger partial charge in [-0.1, -0.05) is 34.1 Å². The molecule has 88 valence electrons. The van der Waals surface area contributed by atoms with Gasteiger partial charge in [-0.2, -0.15) is 0 Å². The summed E-state index contributed by atoms with van der Waals surface area (Å²) < 4.78 is 14.8. The highest BCUT2D eigenvalue weighted by atomic mass is 127. The second-order valence-corrected chi connectivity index (χ2v) is 6.60. The average Bonchev–Trinajstić information content (AvgIpc) is 2.33. The van der Waals surface area contributed by atoms with E-state index in [-0.39, 0.29) is 10.6 Å². The molecule has 0 aliphatic carbocycles. The molecular weight excluding hydrogens is 462 g/mol. The molecule has 0 aromatic heterocycles. The zero-order chi connectivity index (χ0) is 12.4. The first-order valence-electron chi connectivity index (χ1n) is 4.92. The van der Waals surface area contributed by atoms with Crippen molar-refractivity contribution in [2.45, 2.75) is 4.83 Å². The lowest BCUT2D eigenvalue weighted by Gasteiger charge is -2.11. The number of rotatable bonds is 2. The Labute approximate surface area is 130 Å². The van der Waals surface area contributed by atoms with Crippen molar-refractivity contribution < 1.29 is 4.39 Å². The summed E-state index contributed by atoms with van der Waals surface area (Å²) in [4.78, 5) is 0.0800. The fourth-order valence-electron chi connectivity index (χ4n) is 1.49. The van der Waals surface area contributed by atoms with Crippen LogP contribution in [0.3, 0.4) is 0 Å². The van der Waals surface area contributed by atoms with Gasteiger partial charge in [0.2, 0.25) is 0 Å². The summed E-state index contributed by atoms with van der Waals surface area (Å²) in [5.41, 5.74) is 2.18. The maximum atomic E-state index is 13.2. The first-order valence-corrected chi connectivity index (χ1v) is 7.71. The molecular formula is C13H8Br2FI. The van der Waals surface area contributed by atoms with E-state index in [1.165, 1.54) is 9.64 Å². The van der Waals surface area contributed by atoms with Crippen LogP contribution in [0.2, 0.25) is 0 Å². The van der Waals surface area contributed by atoms with Crippen LogP contribution in [0.5, 0.6) is 0 Å². The molecule has 0 heterocycles. The van der Waals surface area contributed by atoms with Crippen molar-refractivity contribution in [1.82, 2.24) is 0 Å². The van der Waals surface area contributed by atoms with E-state index in [1.54, 1.807) is 12.1 Å². The van der Waals surface area contributed by atoms with E-state index in [4.69, 9.17) is 0 Å². The molecule has 0 radical (unpaired) electrons. The van der Waals surface area contributed by atoms with Gasteiger partial charge in [-0.05, 0) is 73.9 Å². The standard InChI is InChI=1S/C13H8Br2FI/c14-11-7-9(3-6-12(11)16)13(15)8-1-4-10(17)5-2-8/h1-7,13H. The topological polar surface area (TPSA) is 0 Å². The van der Waals surface area contributed by atoms with Crippen LogP contribution in [0.1, 0.15) is 16.0 Å². The highest BCUT2D eigenvalue weighted by Gasteiger charge is 2.11. The molecule has 2 rings (SSSR count). The predicted molar refractivity (Wildman–Crippen MR) is 84.0 cm³/mol. The van der Waals surface area contributed by atoms with Crippen molar-refractivity contribution in [3.05, 3.63) is 67.5 Å². The van der Waals surface area contributed by atoms with Gasteiger partial charge < -0.3 is 0 Å². The average molecular weight is 470 g/mol. The van der Waals surface area contributed by atoms with Crippen molar-refractivity contribution in [2.75, 3.05) is 0 Å². The third-order valence-corrected chi connectivity index (χ3v) is 4.78. The van der Waals surface area contributed by atoms with Gasteiger partial charge in [0.1, 0.15) is 5.82 Å². The maximum absolute atomic E-state index is 13.2. The molecule has 0 fully saturated rings. The molecule has 0 aliphatic heterocycles. The minimum atomic E-state index is -0.240. The highest BCUT2D eigenvalue weighted by Crippen LogP contribution is 2.33. The van der Waals surface area contributed by atoms with E-state index in [2.05, 4.69) is 78.7 Å². The molecule has 2 aromatic rings. The van der Waals surface area contributed by atoms with Crippen LogP contribution in [-0.2, 0) is 0 Å². The first kappa shape index (κ1) is 13.5. The molecule has 0 saturated heterocycles. The lowest BCUT2D eigenvalue weighted by Crippen LogP contribution is -1.93. The monoisotopic (exact) mass is 468 g/mol. The Balaban J connectivity index is 2.33. The number of benzene rings is 2. The zero-order valence-corrected chi connectivity index (χ0v) is 14.0. The van der Waals surface area contributed by atoms with Crippen molar-refractivity contribution in [3.8, 4) is 0 Å². The molecule has 0 aliphatic rings. The van der Waals surface area contributed by atoms with E-state index >= 15 is 0 Å². The van der Waals surface area contributed by atoms with E-state index in [1.807, 2.05) is 0 Å². The second kappa shape index (κ2) is 5.80. The van der Waals surface area contributed by atoms with Crippen molar-refractivity contribution in [3.63, 3.8) is 0 Å². The molecule has 0 N–H and O–H groups in total. The number of hydrogen-bond acceptors (Lipinski definition) is 0. The molecule has 0 bridgehead atoms. The lowest BCUT2D eigenvalue weighted by atomic mass is 10.1. The van der Waals surface area contributed by atoms with E-state index in [9.17, 15) is 4.39 Å². The maximum Gasteiger partial charge on any atom is 0.137 e. The smallest absolute Gasteiger partial charge is 0.137 e. The van der Waals surface area contributed by atoms with Gasteiger partial charge in [-0.3, -0.25) is 0 Å². The summed E-state index contributed by atoms with van der Waals surface area (Å²) in [5.74, 6) is -0.240. The third kappa shape index (κ3) is 3.29. The summed E-state index contributed by atoms with van der Waals surface area (Å²) in [6.45, 7) is 0. The zero-order valence-electron chi connectivity index (χ0n) is 8.63. The van der Waals surface area contributed by atoms with Crippen LogP contribution >= 0.6 is 54.5 Å². The van der Waals surface area contributed by atoms with Gasteiger partial charge in [0.25, 0.3) is 0 Å². The Bertz CT molecular complexity index is 525. The number of halogens is 4. The molecule has 0 saturated carbocycles. The van der Waals surface area contributed by atoms with Crippen LogP contribution in [0.15, 0.2) is 46.9 Å². The van der Waals surface area contributed by atoms with Gasteiger partial charge in [-0.15, -0.1) is 0 Å². The Morgan fingerprint density at radius 2 is 1.59 bits per heavy atom. The summed E-state index contributed by atoms with van der Waals surface area (Å²) in [6.07, 6.45) is 0. The molecule has 0 spiro atoms. The molecule has 2 aromatic carbocycles. The van der Waals surface area contributed by atoms with Crippen LogP contribution < -0.4 is 0 Å². The van der Waals surface area contributed by atoms with Crippen LogP contribution in [0.4, 0.5) is 4.39 Å². The van der Waals surface area contributed by atoms with Gasteiger partial charge >= 0.3 is 0 Å². The summed E-state index contributed by atoms with van der Waals surface area (Å²) in [7, 11) is 0. The van der Waals surface area contributed by atoms with E-state index < -0.39 is 0 Å². The minimum Gasteiger partial charge on any atom is -0.206 e. The van der Waals surface area contributed by atoms with Crippen LogP contribution in [0.25, 0.3) is 0 Å². The lowest BCUT2D eigenvalue weighted by molar-refractivity contribution is 0.620. The predicted octanol–water partition coefficient (Wildman–Crippen LogP) is 5.68. The largest absolute Gasteiger partial charge is 0.206 e. The molecule has 0 nitrogen and oxygen atoms in total. The molecule has 4 heteroatoms. The molecule has 17 heavy (non-hydrogen) atoms. The third-order valence-electron chi connectivity index (χ3n) is 2.40. The summed E-state index contributed by atoms with van der Waals surface area (Å²) in [5, 5.41) is 0. The molecule has 1 unspecified atom stereocenters. The van der Waals surface area contributed by atoms with Gasteiger partial charge in [0, 0.05) is 3.57 Å². The van der Waals surface area contributed by atoms with Gasteiger partial charge in [0.05, 0.1) is 9.30 Å².